The molecule has 2 aromatic carbocycles. The maximum Gasteiger partial charge on any atom is 0.255 e. The SMILES string of the molecule is COc1ccc(NC(=O)C2=C(C)NC(=S)NC2c2ccc(C)cc2)c(OC)c1. The molecule has 3 N–H and O–H groups in total. The Bertz CT molecular complexity index is 938. The van der Waals surface area contributed by atoms with Gasteiger partial charge in [0.05, 0.1) is 31.5 Å². The summed E-state index contributed by atoms with van der Waals surface area (Å²) < 4.78 is 10.6. The molecular weight excluding hydrogens is 374 g/mol. The standard InChI is InChI=1S/C21H23N3O3S/c1-12-5-7-14(8-6-12)19-18(13(2)22-21(28)24-19)20(25)23-16-10-9-15(26-3)11-17(16)27-4/h5-11,19H,1-4H3,(H,23,25)(H2,22,24,28). The highest BCUT2D eigenvalue weighted by Gasteiger charge is 2.30. The lowest BCUT2D eigenvalue weighted by Crippen LogP contribution is -2.45. The van der Waals surface area contributed by atoms with Crippen LogP contribution in [0.4, 0.5) is 5.69 Å². The van der Waals surface area contributed by atoms with E-state index in [1.165, 1.54) is 0 Å². The Morgan fingerprint density at radius 2 is 1.79 bits per heavy atom. The molecule has 1 atom stereocenters. The van der Waals surface area contributed by atoms with Crippen LogP contribution in [0, 0.1) is 6.92 Å². The minimum Gasteiger partial charge on any atom is -0.497 e. The summed E-state index contributed by atoms with van der Waals surface area (Å²) in [6.07, 6.45) is 0. The van der Waals surface area contributed by atoms with Crippen LogP contribution in [0.2, 0.25) is 0 Å². The van der Waals surface area contributed by atoms with Gasteiger partial charge in [-0.05, 0) is 43.8 Å². The molecule has 0 aliphatic carbocycles. The number of amides is 1. The van der Waals surface area contributed by atoms with E-state index in [9.17, 15) is 4.79 Å². The van der Waals surface area contributed by atoms with E-state index in [4.69, 9.17) is 21.7 Å². The monoisotopic (exact) mass is 397 g/mol. The van der Waals surface area contributed by atoms with Crippen LogP contribution in [-0.2, 0) is 4.79 Å². The van der Waals surface area contributed by atoms with E-state index in [2.05, 4.69) is 16.0 Å². The molecule has 1 aliphatic heterocycles. The summed E-state index contributed by atoms with van der Waals surface area (Å²) >= 11 is 5.30. The van der Waals surface area contributed by atoms with Gasteiger partial charge in [0.25, 0.3) is 5.91 Å². The van der Waals surface area contributed by atoms with Crippen LogP contribution in [-0.4, -0.2) is 25.2 Å². The third-order valence-electron chi connectivity index (χ3n) is 4.58. The van der Waals surface area contributed by atoms with Crippen LogP contribution in [0.1, 0.15) is 24.1 Å². The van der Waals surface area contributed by atoms with Gasteiger partial charge in [0.1, 0.15) is 11.5 Å². The molecule has 0 fully saturated rings. The van der Waals surface area contributed by atoms with Crippen LogP contribution in [0.5, 0.6) is 11.5 Å². The van der Waals surface area contributed by atoms with E-state index in [1.54, 1.807) is 32.4 Å². The van der Waals surface area contributed by atoms with Gasteiger partial charge in [-0.15, -0.1) is 0 Å². The third kappa shape index (κ3) is 4.09. The van der Waals surface area contributed by atoms with Gasteiger partial charge < -0.3 is 25.4 Å². The highest BCUT2D eigenvalue weighted by Crippen LogP contribution is 2.32. The number of nitrogens with one attached hydrogen (secondary N) is 3. The molecule has 1 amide bonds. The molecular formula is C21H23N3O3S. The fourth-order valence-electron chi connectivity index (χ4n) is 3.10. The summed E-state index contributed by atoms with van der Waals surface area (Å²) in [7, 11) is 3.13. The first-order chi connectivity index (χ1) is 13.4. The summed E-state index contributed by atoms with van der Waals surface area (Å²) in [6, 6.07) is 12.9. The van der Waals surface area contributed by atoms with Crippen LogP contribution < -0.4 is 25.4 Å². The van der Waals surface area contributed by atoms with E-state index in [0.717, 1.165) is 11.1 Å². The second kappa shape index (κ2) is 8.31. The Morgan fingerprint density at radius 1 is 1.07 bits per heavy atom. The number of anilines is 1. The molecule has 0 spiro atoms. The van der Waals surface area contributed by atoms with E-state index in [-0.39, 0.29) is 11.9 Å². The molecule has 1 unspecified atom stereocenters. The van der Waals surface area contributed by atoms with Gasteiger partial charge in [0, 0.05) is 11.8 Å². The van der Waals surface area contributed by atoms with Gasteiger partial charge in [-0.3, -0.25) is 4.79 Å². The Morgan fingerprint density at radius 3 is 2.43 bits per heavy atom. The Labute approximate surface area is 169 Å². The van der Waals surface area contributed by atoms with Gasteiger partial charge in [-0.1, -0.05) is 29.8 Å². The van der Waals surface area contributed by atoms with Crippen molar-refractivity contribution in [3.05, 3.63) is 64.9 Å². The Kier molecular flexibility index (Phi) is 5.84. The summed E-state index contributed by atoms with van der Waals surface area (Å²) in [6.45, 7) is 3.86. The number of hydrogen-bond acceptors (Lipinski definition) is 4. The van der Waals surface area contributed by atoms with E-state index >= 15 is 0 Å². The minimum atomic E-state index is -0.349. The van der Waals surface area contributed by atoms with Gasteiger partial charge in [0.15, 0.2) is 5.11 Å². The molecule has 0 aromatic heterocycles. The number of aryl methyl sites for hydroxylation is 1. The lowest BCUT2D eigenvalue weighted by Gasteiger charge is -2.30. The van der Waals surface area contributed by atoms with Crippen LogP contribution in [0.15, 0.2) is 53.7 Å². The molecule has 7 heteroatoms. The van der Waals surface area contributed by atoms with Gasteiger partial charge >= 0.3 is 0 Å². The zero-order valence-corrected chi connectivity index (χ0v) is 17.1. The summed E-state index contributed by atoms with van der Waals surface area (Å²) in [5.74, 6) is 0.924. The summed E-state index contributed by atoms with van der Waals surface area (Å²) in [4.78, 5) is 13.2. The van der Waals surface area contributed by atoms with Crippen molar-refractivity contribution in [2.75, 3.05) is 19.5 Å². The number of rotatable bonds is 5. The number of benzene rings is 2. The average molecular weight is 398 g/mol. The molecule has 0 radical (unpaired) electrons. The van der Waals surface area contributed by atoms with Crippen molar-refractivity contribution < 1.29 is 14.3 Å². The lowest BCUT2D eigenvalue weighted by molar-refractivity contribution is -0.113. The zero-order valence-electron chi connectivity index (χ0n) is 16.3. The predicted octanol–water partition coefficient (Wildman–Crippen LogP) is 3.44. The third-order valence-corrected chi connectivity index (χ3v) is 4.80. The molecule has 28 heavy (non-hydrogen) atoms. The Hall–Kier alpha value is -3.06. The fourth-order valence-corrected chi connectivity index (χ4v) is 3.37. The number of ether oxygens (including phenoxy) is 2. The fraction of sp³-hybridized carbons (Fsp3) is 0.238. The molecule has 6 nitrogen and oxygen atoms in total. The maximum absolute atomic E-state index is 13.2. The zero-order chi connectivity index (χ0) is 20.3. The highest BCUT2D eigenvalue weighted by molar-refractivity contribution is 7.80. The first kappa shape index (κ1) is 19.7. The van der Waals surface area contributed by atoms with Crippen LogP contribution in [0.3, 0.4) is 0 Å². The van der Waals surface area contributed by atoms with Crippen molar-refractivity contribution in [1.82, 2.24) is 10.6 Å². The van der Waals surface area contributed by atoms with Gasteiger partial charge in [-0.25, -0.2) is 0 Å². The van der Waals surface area contributed by atoms with Crippen molar-refractivity contribution in [3.63, 3.8) is 0 Å². The number of carbonyl (C=O) groups is 1. The molecule has 1 aliphatic rings. The molecule has 3 rings (SSSR count). The number of methoxy groups -OCH3 is 2. The number of carbonyl (C=O) groups excluding carboxylic acids is 1. The largest absolute Gasteiger partial charge is 0.497 e. The van der Waals surface area contributed by atoms with Crippen molar-refractivity contribution in [2.24, 2.45) is 0 Å². The average Bonchev–Trinajstić information content (AvgIpc) is 2.68. The molecule has 2 aromatic rings. The highest BCUT2D eigenvalue weighted by atomic mass is 32.1. The lowest BCUT2D eigenvalue weighted by atomic mass is 9.94. The maximum atomic E-state index is 13.2. The topological polar surface area (TPSA) is 71.6 Å². The smallest absolute Gasteiger partial charge is 0.255 e. The Balaban J connectivity index is 1.94. The van der Waals surface area contributed by atoms with E-state index < -0.39 is 0 Å². The first-order valence-electron chi connectivity index (χ1n) is 8.81. The number of thiocarbonyl (C=S) groups is 1. The summed E-state index contributed by atoms with van der Waals surface area (Å²) in [5.41, 5.74) is 3.94. The first-order valence-corrected chi connectivity index (χ1v) is 9.22. The molecule has 146 valence electrons. The second-order valence-corrected chi connectivity index (χ2v) is 6.91. The van der Waals surface area contributed by atoms with Gasteiger partial charge in [0.2, 0.25) is 0 Å². The second-order valence-electron chi connectivity index (χ2n) is 6.50. The van der Waals surface area contributed by atoms with Crippen molar-refractivity contribution >= 4 is 28.9 Å². The number of allylic oxidation sites excluding steroid dienone is 1. The van der Waals surface area contributed by atoms with Crippen LogP contribution in [0.25, 0.3) is 0 Å². The molecule has 0 saturated heterocycles. The normalized spacial score (nSPS) is 16.1. The summed E-state index contributed by atoms with van der Waals surface area (Å²) in [5, 5.41) is 9.66. The van der Waals surface area contributed by atoms with Crippen molar-refractivity contribution in [3.8, 4) is 11.5 Å². The number of hydrogen-bond donors (Lipinski definition) is 3. The minimum absolute atomic E-state index is 0.242. The van der Waals surface area contributed by atoms with Crippen LogP contribution >= 0.6 is 12.2 Å². The van der Waals surface area contributed by atoms with E-state index in [1.807, 2.05) is 38.1 Å². The molecule has 1 heterocycles. The van der Waals surface area contributed by atoms with Crippen molar-refractivity contribution in [2.45, 2.75) is 19.9 Å². The van der Waals surface area contributed by atoms with Crippen molar-refractivity contribution in [1.29, 1.82) is 0 Å². The molecule has 0 bridgehead atoms. The molecule has 0 saturated carbocycles. The predicted molar refractivity (Wildman–Crippen MR) is 114 cm³/mol. The van der Waals surface area contributed by atoms with E-state index in [0.29, 0.717) is 33.6 Å². The quantitative estimate of drug-likeness (QED) is 0.672. The van der Waals surface area contributed by atoms with Gasteiger partial charge in [-0.2, -0.15) is 0 Å².